The van der Waals surface area contributed by atoms with Crippen LogP contribution in [0.15, 0.2) is 12.2 Å². The zero-order valence-electron chi connectivity index (χ0n) is 17.0. The predicted octanol–water partition coefficient (Wildman–Crippen LogP) is 3.86. The predicted molar refractivity (Wildman–Crippen MR) is 99.5 cm³/mol. The van der Waals surface area contributed by atoms with E-state index in [0.717, 1.165) is 12.0 Å². The topological polar surface area (TPSA) is 61.8 Å². The first kappa shape index (κ1) is 19.1. The molecule has 0 spiro atoms. The molecule has 0 aromatic heterocycles. The van der Waals surface area contributed by atoms with Gasteiger partial charge in [-0.3, -0.25) is 9.59 Å². The smallest absolute Gasteiger partial charge is 0.304 e. The fourth-order valence-electron chi connectivity index (χ4n) is 6.87. The molecule has 2 saturated carbocycles. The van der Waals surface area contributed by atoms with Gasteiger partial charge in [0.15, 0.2) is 12.1 Å². The van der Waals surface area contributed by atoms with Crippen molar-refractivity contribution in [2.24, 2.45) is 34.5 Å². The Kier molecular flexibility index (Phi) is 4.54. The monoisotopic (exact) mass is 376 g/mol. The van der Waals surface area contributed by atoms with Crippen LogP contribution in [0.2, 0.25) is 0 Å². The van der Waals surface area contributed by atoms with Crippen LogP contribution in [0.5, 0.6) is 0 Å². The van der Waals surface area contributed by atoms with Gasteiger partial charge in [-0.25, -0.2) is 0 Å². The molecular weight excluding hydrogens is 344 g/mol. The minimum Gasteiger partial charge on any atom is -0.435 e. The number of rotatable bonds is 3. The molecule has 4 fully saturated rings. The lowest BCUT2D eigenvalue weighted by atomic mass is 9.54. The molecule has 4 rings (SSSR count). The number of carbonyl (C=O) groups excluding carboxylic acids is 2. The van der Waals surface area contributed by atoms with Crippen LogP contribution in [0, 0.1) is 34.5 Å². The Balaban J connectivity index is 1.61. The van der Waals surface area contributed by atoms with Gasteiger partial charge in [0.2, 0.25) is 6.29 Å². The average molecular weight is 376 g/mol. The van der Waals surface area contributed by atoms with Crippen molar-refractivity contribution in [1.82, 2.24) is 0 Å². The summed E-state index contributed by atoms with van der Waals surface area (Å²) in [6, 6.07) is 0. The average Bonchev–Trinajstić information content (AvgIpc) is 3.05. The van der Waals surface area contributed by atoms with Crippen LogP contribution in [0.4, 0.5) is 0 Å². The summed E-state index contributed by atoms with van der Waals surface area (Å²) in [5.41, 5.74) is 1.61. The molecule has 5 heteroatoms. The van der Waals surface area contributed by atoms with E-state index in [2.05, 4.69) is 27.4 Å². The third kappa shape index (κ3) is 2.89. The molecule has 7 atom stereocenters. The van der Waals surface area contributed by atoms with Gasteiger partial charge in [-0.15, -0.1) is 0 Å². The van der Waals surface area contributed by atoms with Gasteiger partial charge in [0.05, 0.1) is 5.92 Å². The maximum absolute atomic E-state index is 12.6. The van der Waals surface area contributed by atoms with E-state index in [4.69, 9.17) is 14.2 Å². The van der Waals surface area contributed by atoms with Gasteiger partial charge in [0.25, 0.3) is 0 Å². The highest BCUT2D eigenvalue weighted by atomic mass is 16.8. The van der Waals surface area contributed by atoms with Crippen LogP contribution in [0.1, 0.15) is 59.8 Å². The van der Waals surface area contributed by atoms with Crippen molar-refractivity contribution in [3.8, 4) is 0 Å². The number of ketones is 1. The molecule has 0 aromatic carbocycles. The van der Waals surface area contributed by atoms with Crippen molar-refractivity contribution < 1.29 is 23.8 Å². The lowest BCUT2D eigenvalue weighted by molar-refractivity contribution is -0.205. The van der Waals surface area contributed by atoms with Crippen molar-refractivity contribution in [3.63, 3.8) is 0 Å². The number of fused-ring (bicyclic) bond motifs is 3. The second kappa shape index (κ2) is 6.41. The van der Waals surface area contributed by atoms with Gasteiger partial charge >= 0.3 is 5.97 Å². The molecule has 2 saturated heterocycles. The molecule has 27 heavy (non-hydrogen) atoms. The maximum atomic E-state index is 12.6. The Morgan fingerprint density at radius 2 is 1.96 bits per heavy atom. The lowest BCUT2D eigenvalue weighted by Gasteiger charge is -2.50. The first-order valence-corrected chi connectivity index (χ1v) is 10.3. The van der Waals surface area contributed by atoms with Crippen LogP contribution in [-0.4, -0.2) is 30.9 Å². The van der Waals surface area contributed by atoms with Crippen molar-refractivity contribution in [2.75, 3.05) is 6.61 Å². The van der Waals surface area contributed by atoms with E-state index in [9.17, 15) is 9.59 Å². The van der Waals surface area contributed by atoms with Gasteiger partial charge in [0.1, 0.15) is 6.61 Å². The van der Waals surface area contributed by atoms with E-state index in [1.807, 2.05) is 0 Å². The molecule has 0 unspecified atom stereocenters. The molecule has 0 amide bonds. The molecule has 4 aliphatic rings. The molecule has 2 heterocycles. The number of hydrogen-bond donors (Lipinski definition) is 0. The van der Waals surface area contributed by atoms with Crippen LogP contribution in [0.3, 0.4) is 0 Å². The Hall–Kier alpha value is -1.20. The van der Waals surface area contributed by atoms with Crippen LogP contribution in [0.25, 0.3) is 0 Å². The normalized spacial score (nSPS) is 45.4. The van der Waals surface area contributed by atoms with Crippen molar-refractivity contribution >= 4 is 11.8 Å². The quantitative estimate of drug-likeness (QED) is 0.553. The Bertz CT molecular complexity index is 668. The standard InChI is InChI=1S/C22H32O5/c1-12(14-7-8-16-21(3,4)9-6-10-22(14,16)5)17-18-15(24)11-25-19(17)27-20(18)26-13(2)23/h14,16-20H,1,6-11H2,2-5H3/t14-,16+,17+,18-,19-,20-,22-/m1/s1. The third-order valence-corrected chi connectivity index (χ3v) is 7.98. The molecule has 2 aliphatic heterocycles. The minimum absolute atomic E-state index is 0.0223. The molecule has 0 radical (unpaired) electrons. The van der Waals surface area contributed by atoms with E-state index < -0.39 is 24.5 Å². The fraction of sp³-hybridized carbons (Fsp3) is 0.818. The zero-order chi connectivity index (χ0) is 19.6. The molecule has 2 bridgehead atoms. The SMILES string of the molecule is C=C([C@@H]1[C@@H]2OCC(=O)[C@H]1[C@H](OC(C)=O)O2)[C@H]1CC[C@H]2C(C)(C)CCC[C@]12C. The van der Waals surface area contributed by atoms with E-state index in [0.29, 0.717) is 17.3 Å². The number of ether oxygens (including phenoxy) is 3. The summed E-state index contributed by atoms with van der Waals surface area (Å²) in [6.07, 6.45) is 4.64. The first-order valence-electron chi connectivity index (χ1n) is 10.3. The number of Topliss-reactive ketones (excluding diaryl/α,β-unsaturated/α-hetero) is 1. The first-order chi connectivity index (χ1) is 12.6. The summed E-state index contributed by atoms with van der Waals surface area (Å²) in [5, 5.41) is 0. The molecule has 2 aliphatic carbocycles. The van der Waals surface area contributed by atoms with Crippen LogP contribution >= 0.6 is 0 Å². The van der Waals surface area contributed by atoms with Crippen molar-refractivity contribution in [3.05, 3.63) is 12.2 Å². The maximum Gasteiger partial charge on any atom is 0.304 e. The van der Waals surface area contributed by atoms with Crippen LogP contribution in [-0.2, 0) is 23.8 Å². The fourth-order valence-corrected chi connectivity index (χ4v) is 6.87. The summed E-state index contributed by atoms with van der Waals surface area (Å²) in [7, 11) is 0. The minimum atomic E-state index is -0.850. The van der Waals surface area contributed by atoms with Gasteiger partial charge in [-0.1, -0.05) is 39.3 Å². The summed E-state index contributed by atoms with van der Waals surface area (Å²) in [4.78, 5) is 24.1. The van der Waals surface area contributed by atoms with E-state index >= 15 is 0 Å². The lowest BCUT2D eigenvalue weighted by Crippen LogP contribution is -2.45. The van der Waals surface area contributed by atoms with Gasteiger partial charge in [-0.2, -0.15) is 0 Å². The Morgan fingerprint density at radius 3 is 2.67 bits per heavy atom. The molecule has 0 N–H and O–H groups in total. The second-order valence-electron chi connectivity index (χ2n) is 9.92. The van der Waals surface area contributed by atoms with E-state index in [1.54, 1.807) is 0 Å². The van der Waals surface area contributed by atoms with Crippen molar-refractivity contribution in [2.45, 2.75) is 72.4 Å². The Labute approximate surface area is 161 Å². The second-order valence-corrected chi connectivity index (χ2v) is 9.92. The van der Waals surface area contributed by atoms with E-state index in [1.165, 1.54) is 32.6 Å². The molecule has 0 aromatic rings. The van der Waals surface area contributed by atoms with Gasteiger partial charge in [-0.05, 0) is 48.3 Å². The highest BCUT2D eigenvalue weighted by Crippen LogP contribution is 2.64. The van der Waals surface area contributed by atoms with Crippen molar-refractivity contribution in [1.29, 1.82) is 0 Å². The molecule has 150 valence electrons. The number of carbonyl (C=O) groups is 2. The third-order valence-electron chi connectivity index (χ3n) is 7.98. The van der Waals surface area contributed by atoms with Crippen LogP contribution < -0.4 is 0 Å². The summed E-state index contributed by atoms with van der Waals surface area (Å²) in [6.45, 7) is 13.1. The van der Waals surface area contributed by atoms with Gasteiger partial charge in [0, 0.05) is 12.8 Å². The molecule has 5 nitrogen and oxygen atoms in total. The number of hydrogen-bond acceptors (Lipinski definition) is 5. The zero-order valence-corrected chi connectivity index (χ0v) is 17.0. The summed E-state index contributed by atoms with van der Waals surface area (Å²) >= 11 is 0. The number of esters is 1. The highest BCUT2D eigenvalue weighted by molar-refractivity contribution is 5.85. The largest absolute Gasteiger partial charge is 0.435 e. The summed E-state index contributed by atoms with van der Waals surface area (Å²) in [5.74, 6) is -0.174. The van der Waals surface area contributed by atoms with Gasteiger partial charge < -0.3 is 14.2 Å². The highest BCUT2D eigenvalue weighted by Gasteiger charge is 2.60. The molecular formula is C22H32O5. The summed E-state index contributed by atoms with van der Waals surface area (Å²) < 4.78 is 16.8. The Morgan fingerprint density at radius 1 is 1.22 bits per heavy atom. The van der Waals surface area contributed by atoms with E-state index in [-0.39, 0.29) is 23.7 Å².